The minimum atomic E-state index is -1.33. The predicted octanol–water partition coefficient (Wildman–Crippen LogP) is 0.538. The lowest BCUT2D eigenvalue weighted by Gasteiger charge is -2.30. The Morgan fingerprint density at radius 3 is 2.58 bits per heavy atom. The van der Waals surface area contributed by atoms with Crippen LogP contribution in [-0.4, -0.2) is 27.9 Å². The fourth-order valence-corrected chi connectivity index (χ4v) is 2.30. The van der Waals surface area contributed by atoms with Gasteiger partial charge in [0.05, 0.1) is 6.54 Å². The number of aliphatic carboxylic acids is 1. The number of carboxylic acid groups (broad SMARTS) is 1. The van der Waals surface area contributed by atoms with E-state index in [0.29, 0.717) is 18.4 Å². The summed E-state index contributed by atoms with van der Waals surface area (Å²) in [6.45, 7) is 0.204. The standard InChI is InChI=1S/C13H12N2O4/c16-10-9-4-2-1-3-8(9)7-15(14-10)11(17)13(5-6-13)12(18)19/h1-4H,5-7H2,(H,14,16)(H,18,19). The summed E-state index contributed by atoms with van der Waals surface area (Å²) in [6, 6.07) is 6.96. The first-order valence-corrected chi connectivity index (χ1v) is 5.99. The first-order valence-electron chi connectivity index (χ1n) is 5.99. The molecule has 1 aromatic carbocycles. The van der Waals surface area contributed by atoms with Crippen LogP contribution in [0.1, 0.15) is 28.8 Å². The van der Waals surface area contributed by atoms with Gasteiger partial charge in [-0.15, -0.1) is 0 Å². The van der Waals surface area contributed by atoms with Gasteiger partial charge in [0.15, 0.2) is 0 Å². The topological polar surface area (TPSA) is 86.7 Å². The Kier molecular flexibility index (Phi) is 2.35. The third kappa shape index (κ3) is 1.68. The molecule has 2 aliphatic rings. The molecule has 1 heterocycles. The largest absolute Gasteiger partial charge is 0.480 e. The number of fused-ring (bicyclic) bond motifs is 1. The minimum Gasteiger partial charge on any atom is -0.480 e. The third-order valence-corrected chi connectivity index (χ3v) is 3.64. The number of rotatable bonds is 2. The smallest absolute Gasteiger partial charge is 0.319 e. The van der Waals surface area contributed by atoms with Gasteiger partial charge in [0, 0.05) is 5.56 Å². The third-order valence-electron chi connectivity index (χ3n) is 3.64. The molecule has 1 aliphatic carbocycles. The Bertz CT molecular complexity index is 592. The van der Waals surface area contributed by atoms with Crippen LogP contribution < -0.4 is 5.43 Å². The maximum Gasteiger partial charge on any atom is 0.319 e. The van der Waals surface area contributed by atoms with Crippen molar-refractivity contribution >= 4 is 17.8 Å². The van der Waals surface area contributed by atoms with Crippen LogP contribution in [-0.2, 0) is 16.1 Å². The molecule has 2 amide bonds. The van der Waals surface area contributed by atoms with E-state index in [1.165, 1.54) is 0 Å². The molecule has 1 fully saturated rings. The normalized spacial score (nSPS) is 19.4. The average Bonchev–Trinajstić information content (AvgIpc) is 3.19. The van der Waals surface area contributed by atoms with E-state index in [1.54, 1.807) is 24.3 Å². The molecule has 0 aromatic heterocycles. The Balaban J connectivity index is 1.88. The number of hydrazine groups is 1. The van der Waals surface area contributed by atoms with Crippen LogP contribution in [0.25, 0.3) is 0 Å². The lowest BCUT2D eigenvalue weighted by molar-refractivity contribution is -0.155. The van der Waals surface area contributed by atoms with Crippen LogP contribution in [0.5, 0.6) is 0 Å². The summed E-state index contributed by atoms with van der Waals surface area (Å²) in [5.41, 5.74) is 2.36. The summed E-state index contributed by atoms with van der Waals surface area (Å²) < 4.78 is 0. The van der Waals surface area contributed by atoms with E-state index in [2.05, 4.69) is 5.43 Å². The van der Waals surface area contributed by atoms with Crippen molar-refractivity contribution in [2.75, 3.05) is 0 Å². The van der Waals surface area contributed by atoms with Crippen LogP contribution in [0.3, 0.4) is 0 Å². The van der Waals surface area contributed by atoms with Gasteiger partial charge in [0.2, 0.25) is 0 Å². The highest BCUT2D eigenvalue weighted by atomic mass is 16.4. The fraction of sp³-hybridized carbons (Fsp3) is 0.308. The van der Waals surface area contributed by atoms with E-state index in [0.717, 1.165) is 10.6 Å². The molecule has 2 N–H and O–H groups in total. The maximum atomic E-state index is 12.2. The van der Waals surface area contributed by atoms with Gasteiger partial charge < -0.3 is 5.11 Å². The van der Waals surface area contributed by atoms with E-state index in [-0.39, 0.29) is 12.5 Å². The number of amides is 2. The van der Waals surface area contributed by atoms with Crippen molar-refractivity contribution in [3.63, 3.8) is 0 Å². The second kappa shape index (κ2) is 3.81. The average molecular weight is 260 g/mol. The maximum absolute atomic E-state index is 12.2. The van der Waals surface area contributed by atoms with Crippen molar-refractivity contribution < 1.29 is 19.5 Å². The van der Waals surface area contributed by atoms with Crippen LogP contribution >= 0.6 is 0 Å². The lowest BCUT2D eigenvalue weighted by atomic mass is 10.0. The lowest BCUT2D eigenvalue weighted by Crippen LogP contribution is -2.53. The molecule has 1 aliphatic heterocycles. The Morgan fingerprint density at radius 1 is 1.26 bits per heavy atom. The highest BCUT2D eigenvalue weighted by molar-refractivity contribution is 6.06. The molecular weight excluding hydrogens is 248 g/mol. The number of benzene rings is 1. The molecular formula is C13H12N2O4. The SMILES string of the molecule is O=C1NN(C(=O)C2(C(=O)O)CC2)Cc2ccccc21. The van der Waals surface area contributed by atoms with Crippen LogP contribution in [0, 0.1) is 5.41 Å². The van der Waals surface area contributed by atoms with Crippen molar-refractivity contribution in [1.82, 2.24) is 10.4 Å². The van der Waals surface area contributed by atoms with Crippen molar-refractivity contribution in [3.8, 4) is 0 Å². The van der Waals surface area contributed by atoms with E-state index in [4.69, 9.17) is 5.11 Å². The molecule has 19 heavy (non-hydrogen) atoms. The van der Waals surface area contributed by atoms with Gasteiger partial charge in [0.1, 0.15) is 5.41 Å². The Morgan fingerprint density at radius 2 is 1.95 bits per heavy atom. The summed E-state index contributed by atoms with van der Waals surface area (Å²) in [5.74, 6) is -2.04. The van der Waals surface area contributed by atoms with Crippen molar-refractivity contribution in [2.45, 2.75) is 19.4 Å². The second-order valence-electron chi connectivity index (χ2n) is 4.88. The molecule has 0 unspecified atom stereocenters. The van der Waals surface area contributed by atoms with Gasteiger partial charge >= 0.3 is 5.97 Å². The van der Waals surface area contributed by atoms with E-state index < -0.39 is 17.3 Å². The van der Waals surface area contributed by atoms with E-state index in [9.17, 15) is 14.4 Å². The molecule has 0 bridgehead atoms. The second-order valence-corrected chi connectivity index (χ2v) is 4.88. The molecule has 1 aromatic rings. The first-order chi connectivity index (χ1) is 9.04. The Labute approximate surface area is 109 Å². The monoisotopic (exact) mass is 260 g/mol. The molecule has 1 saturated carbocycles. The van der Waals surface area contributed by atoms with Gasteiger partial charge in [-0.1, -0.05) is 18.2 Å². The molecule has 98 valence electrons. The van der Waals surface area contributed by atoms with Crippen LogP contribution in [0.4, 0.5) is 0 Å². The zero-order chi connectivity index (χ0) is 13.6. The quantitative estimate of drug-likeness (QED) is 0.760. The predicted molar refractivity (Wildman–Crippen MR) is 63.8 cm³/mol. The number of carbonyl (C=O) groups excluding carboxylic acids is 2. The van der Waals surface area contributed by atoms with Gasteiger partial charge in [-0.25, -0.2) is 5.01 Å². The van der Waals surface area contributed by atoms with Crippen molar-refractivity contribution in [1.29, 1.82) is 0 Å². The summed E-state index contributed by atoms with van der Waals surface area (Å²) >= 11 is 0. The highest BCUT2D eigenvalue weighted by Crippen LogP contribution is 2.47. The molecule has 3 rings (SSSR count). The molecule has 6 heteroatoms. The van der Waals surface area contributed by atoms with Gasteiger partial charge in [-0.05, 0) is 24.5 Å². The number of carboxylic acids is 1. The molecule has 6 nitrogen and oxygen atoms in total. The number of nitrogens with one attached hydrogen (secondary N) is 1. The molecule has 0 spiro atoms. The summed E-state index contributed by atoms with van der Waals surface area (Å²) in [7, 11) is 0. The number of hydrogen-bond donors (Lipinski definition) is 2. The van der Waals surface area contributed by atoms with Crippen molar-refractivity contribution in [3.05, 3.63) is 35.4 Å². The van der Waals surface area contributed by atoms with Crippen LogP contribution in [0.2, 0.25) is 0 Å². The zero-order valence-electron chi connectivity index (χ0n) is 10.0. The van der Waals surface area contributed by atoms with Gasteiger partial charge in [-0.3, -0.25) is 19.8 Å². The zero-order valence-corrected chi connectivity index (χ0v) is 10.0. The van der Waals surface area contributed by atoms with Gasteiger partial charge in [-0.2, -0.15) is 0 Å². The highest BCUT2D eigenvalue weighted by Gasteiger charge is 2.59. The number of carbonyl (C=O) groups is 3. The molecule has 0 saturated heterocycles. The van der Waals surface area contributed by atoms with Gasteiger partial charge in [0.25, 0.3) is 11.8 Å². The van der Waals surface area contributed by atoms with E-state index >= 15 is 0 Å². The summed E-state index contributed by atoms with van der Waals surface area (Å²) in [4.78, 5) is 35.2. The Hall–Kier alpha value is -2.37. The molecule has 0 atom stereocenters. The molecule has 0 radical (unpaired) electrons. The summed E-state index contributed by atoms with van der Waals surface area (Å²) in [6.07, 6.45) is 0.657. The fourth-order valence-electron chi connectivity index (χ4n) is 2.30. The number of hydrogen-bond acceptors (Lipinski definition) is 3. The first kappa shape index (κ1) is 11.7. The van der Waals surface area contributed by atoms with Crippen molar-refractivity contribution in [2.24, 2.45) is 5.41 Å². The van der Waals surface area contributed by atoms with Crippen LogP contribution in [0.15, 0.2) is 24.3 Å². The summed E-state index contributed by atoms with van der Waals surface area (Å²) in [5, 5.41) is 10.2. The van der Waals surface area contributed by atoms with E-state index in [1.807, 2.05) is 0 Å². The minimum absolute atomic E-state index is 0.204. The number of nitrogens with zero attached hydrogens (tertiary/aromatic N) is 1.